The Morgan fingerprint density at radius 2 is 1.81 bits per heavy atom. The van der Waals surface area contributed by atoms with Gasteiger partial charge >= 0.3 is 0 Å². The first-order valence-electron chi connectivity index (χ1n) is 9.79. The van der Waals surface area contributed by atoms with Gasteiger partial charge < -0.3 is 10.1 Å². The predicted molar refractivity (Wildman–Crippen MR) is 138 cm³/mol. The first-order valence-corrected chi connectivity index (χ1v) is 11.6. The zero-order valence-electron chi connectivity index (χ0n) is 17.2. The van der Waals surface area contributed by atoms with E-state index in [9.17, 15) is 10.1 Å². The maximum absolute atomic E-state index is 12.6. The van der Waals surface area contributed by atoms with Crippen LogP contribution < -0.4 is 10.1 Å². The van der Waals surface area contributed by atoms with Gasteiger partial charge in [-0.15, -0.1) is 0 Å². The van der Waals surface area contributed by atoms with E-state index in [2.05, 4.69) is 27.9 Å². The van der Waals surface area contributed by atoms with Crippen molar-refractivity contribution in [2.75, 3.05) is 11.9 Å². The molecule has 0 aliphatic heterocycles. The van der Waals surface area contributed by atoms with E-state index in [0.717, 1.165) is 14.7 Å². The molecular weight excluding hydrogens is 558 g/mol. The normalized spacial score (nSPS) is 11.0. The quantitative estimate of drug-likeness (QED) is 0.185. The van der Waals surface area contributed by atoms with E-state index in [-0.39, 0.29) is 5.57 Å². The number of halogens is 3. The zero-order valence-corrected chi connectivity index (χ0v) is 20.8. The van der Waals surface area contributed by atoms with Gasteiger partial charge in [-0.1, -0.05) is 53.5 Å². The second-order valence-corrected chi connectivity index (χ2v) is 8.76. The van der Waals surface area contributed by atoms with Crippen molar-refractivity contribution in [1.29, 1.82) is 5.26 Å². The van der Waals surface area contributed by atoms with E-state index in [1.54, 1.807) is 24.3 Å². The topological polar surface area (TPSA) is 62.1 Å². The molecule has 0 spiro atoms. The summed E-state index contributed by atoms with van der Waals surface area (Å²) in [5.74, 6) is 0.156. The standard InChI is InChI=1S/C25H19Cl2IN2O2/c1-2-32-24-13-16(12-22(28)19(24)14-17-7-3-4-8-20(17)26)11-18(15-29)25(31)30-23-10-6-5-9-21(23)27/h3-13H,2,14H2,1H3,(H,30,31)/b18-11+. The molecule has 0 bridgehead atoms. The Morgan fingerprint density at radius 1 is 1.12 bits per heavy atom. The van der Waals surface area contributed by atoms with Gasteiger partial charge in [-0.05, 0) is 77.0 Å². The Morgan fingerprint density at radius 3 is 2.47 bits per heavy atom. The van der Waals surface area contributed by atoms with Crippen molar-refractivity contribution in [3.63, 3.8) is 0 Å². The van der Waals surface area contributed by atoms with Crippen LogP contribution in [0, 0.1) is 14.9 Å². The van der Waals surface area contributed by atoms with E-state index in [1.807, 2.05) is 49.4 Å². The number of rotatable bonds is 7. The highest BCUT2D eigenvalue weighted by molar-refractivity contribution is 14.1. The summed E-state index contributed by atoms with van der Waals surface area (Å²) in [7, 11) is 0. The second-order valence-electron chi connectivity index (χ2n) is 6.78. The summed E-state index contributed by atoms with van der Waals surface area (Å²) < 4.78 is 6.83. The summed E-state index contributed by atoms with van der Waals surface area (Å²) in [6.07, 6.45) is 2.14. The van der Waals surface area contributed by atoms with Gasteiger partial charge in [0.2, 0.25) is 0 Å². The highest BCUT2D eigenvalue weighted by atomic mass is 127. The number of nitrogens with zero attached hydrogens (tertiary/aromatic N) is 1. The molecule has 0 aromatic heterocycles. The molecular formula is C25H19Cl2IN2O2. The molecule has 0 atom stereocenters. The fraction of sp³-hybridized carbons (Fsp3) is 0.120. The first kappa shape index (κ1) is 24.1. The van der Waals surface area contributed by atoms with Crippen LogP contribution >= 0.6 is 45.8 Å². The van der Waals surface area contributed by atoms with Crippen molar-refractivity contribution in [1.82, 2.24) is 0 Å². The molecule has 162 valence electrons. The molecule has 3 aromatic carbocycles. The maximum Gasteiger partial charge on any atom is 0.266 e. The van der Waals surface area contributed by atoms with Crippen molar-refractivity contribution >= 4 is 63.5 Å². The van der Waals surface area contributed by atoms with Gasteiger partial charge in [0.1, 0.15) is 17.4 Å². The lowest BCUT2D eigenvalue weighted by molar-refractivity contribution is -0.112. The molecule has 0 saturated heterocycles. The second kappa shape index (κ2) is 11.4. The average Bonchev–Trinajstić information content (AvgIpc) is 2.77. The number of nitriles is 1. The van der Waals surface area contributed by atoms with Crippen LogP contribution in [0.15, 0.2) is 66.2 Å². The van der Waals surface area contributed by atoms with Crippen LogP contribution in [0.2, 0.25) is 10.0 Å². The predicted octanol–water partition coefficient (Wildman–Crippen LogP) is 7.13. The Kier molecular flexibility index (Phi) is 8.57. The summed E-state index contributed by atoms with van der Waals surface area (Å²) in [6.45, 7) is 2.39. The number of para-hydroxylation sites is 1. The minimum atomic E-state index is -0.534. The smallest absolute Gasteiger partial charge is 0.266 e. The van der Waals surface area contributed by atoms with Gasteiger partial charge in [-0.3, -0.25) is 4.79 Å². The number of amides is 1. The number of benzene rings is 3. The van der Waals surface area contributed by atoms with Crippen LogP contribution in [0.5, 0.6) is 5.75 Å². The third-order valence-electron chi connectivity index (χ3n) is 4.60. The van der Waals surface area contributed by atoms with Gasteiger partial charge in [0.15, 0.2) is 0 Å². The molecule has 0 aliphatic carbocycles. The highest BCUT2D eigenvalue weighted by Gasteiger charge is 2.15. The third-order valence-corrected chi connectivity index (χ3v) is 6.26. The van der Waals surface area contributed by atoms with E-state index in [4.69, 9.17) is 27.9 Å². The van der Waals surface area contributed by atoms with Crippen molar-refractivity contribution in [2.45, 2.75) is 13.3 Å². The molecule has 1 N–H and O–H groups in total. The largest absolute Gasteiger partial charge is 0.494 e. The molecule has 3 aromatic rings. The summed E-state index contributed by atoms with van der Waals surface area (Å²) >= 11 is 14.7. The van der Waals surface area contributed by atoms with Crippen LogP contribution in [0.3, 0.4) is 0 Å². The van der Waals surface area contributed by atoms with Crippen LogP contribution in [0.1, 0.15) is 23.6 Å². The van der Waals surface area contributed by atoms with Gasteiger partial charge in [-0.25, -0.2) is 0 Å². The minimum absolute atomic E-state index is 0.0398. The number of ether oxygens (including phenoxy) is 1. The molecule has 7 heteroatoms. The molecule has 0 saturated carbocycles. The van der Waals surface area contributed by atoms with Crippen LogP contribution in [-0.2, 0) is 11.2 Å². The molecule has 0 unspecified atom stereocenters. The molecule has 32 heavy (non-hydrogen) atoms. The molecule has 0 heterocycles. The van der Waals surface area contributed by atoms with E-state index in [1.165, 1.54) is 6.08 Å². The molecule has 0 aliphatic rings. The molecule has 3 rings (SSSR count). The number of anilines is 1. The van der Waals surface area contributed by atoms with Crippen LogP contribution in [0.25, 0.3) is 6.08 Å². The lowest BCUT2D eigenvalue weighted by atomic mass is 10.0. The van der Waals surface area contributed by atoms with Gasteiger partial charge in [0.05, 0.1) is 17.3 Å². The van der Waals surface area contributed by atoms with E-state index >= 15 is 0 Å². The van der Waals surface area contributed by atoms with E-state index in [0.29, 0.717) is 40.1 Å². The van der Waals surface area contributed by atoms with Crippen molar-refractivity contribution in [3.05, 3.63) is 96.5 Å². The lowest BCUT2D eigenvalue weighted by Gasteiger charge is -2.15. The number of carbonyl (C=O) groups is 1. The van der Waals surface area contributed by atoms with E-state index < -0.39 is 5.91 Å². The number of carbonyl (C=O) groups excluding carboxylic acids is 1. The monoisotopic (exact) mass is 576 g/mol. The first-order chi connectivity index (χ1) is 15.4. The molecule has 1 amide bonds. The van der Waals surface area contributed by atoms with Gasteiger partial charge in [0.25, 0.3) is 5.91 Å². The fourth-order valence-electron chi connectivity index (χ4n) is 3.07. The molecule has 0 radical (unpaired) electrons. The van der Waals surface area contributed by atoms with Crippen molar-refractivity contribution in [3.8, 4) is 11.8 Å². The summed E-state index contributed by atoms with van der Waals surface area (Å²) in [5, 5.41) is 13.3. The fourth-order valence-corrected chi connectivity index (χ4v) is 4.27. The van der Waals surface area contributed by atoms with Crippen molar-refractivity contribution < 1.29 is 9.53 Å². The Labute approximate surface area is 210 Å². The molecule has 0 fully saturated rings. The van der Waals surface area contributed by atoms with Gasteiger partial charge in [-0.2, -0.15) is 5.26 Å². The number of hydrogen-bond acceptors (Lipinski definition) is 3. The SMILES string of the molecule is CCOc1cc(/C=C(\C#N)C(=O)Nc2ccccc2Cl)cc(I)c1Cc1ccccc1Cl. The zero-order chi connectivity index (χ0) is 23.1. The van der Waals surface area contributed by atoms with Crippen molar-refractivity contribution in [2.24, 2.45) is 0 Å². The maximum atomic E-state index is 12.6. The average molecular weight is 577 g/mol. The summed E-state index contributed by atoms with van der Waals surface area (Å²) in [4.78, 5) is 12.6. The number of hydrogen-bond donors (Lipinski definition) is 1. The Bertz CT molecular complexity index is 1220. The Balaban J connectivity index is 1.93. The Hall–Kier alpha value is -2.53. The third kappa shape index (κ3) is 6.04. The summed E-state index contributed by atoms with van der Waals surface area (Å²) in [5.41, 5.74) is 3.08. The highest BCUT2D eigenvalue weighted by Crippen LogP contribution is 2.32. The summed E-state index contributed by atoms with van der Waals surface area (Å²) in [6, 6.07) is 20.3. The lowest BCUT2D eigenvalue weighted by Crippen LogP contribution is -2.13. The molecule has 4 nitrogen and oxygen atoms in total. The minimum Gasteiger partial charge on any atom is -0.494 e. The van der Waals surface area contributed by atoms with Crippen LogP contribution in [-0.4, -0.2) is 12.5 Å². The van der Waals surface area contributed by atoms with Crippen LogP contribution in [0.4, 0.5) is 5.69 Å². The van der Waals surface area contributed by atoms with Gasteiger partial charge in [0, 0.05) is 20.6 Å². The number of nitrogens with one attached hydrogen (secondary N) is 1.